The number of hydrogen-bond donors (Lipinski definition) is 6. The Morgan fingerprint density at radius 1 is 0.750 bits per heavy atom. The molecule has 0 radical (unpaired) electrons. The Labute approximate surface area is 398 Å². The van der Waals surface area contributed by atoms with Gasteiger partial charge in [-0.3, -0.25) is 48.3 Å². The minimum Gasteiger partial charge on any atom is -0.480 e. The number of carbonyl (C=O) groups is 7. The highest BCUT2D eigenvalue weighted by Crippen LogP contribution is 2.18. The number of carboxylic acid groups (broad SMARTS) is 2. The van der Waals surface area contributed by atoms with Crippen LogP contribution in [0.5, 0.6) is 5.75 Å². The second-order valence-electron chi connectivity index (χ2n) is 16.8. The van der Waals surface area contributed by atoms with Gasteiger partial charge in [-0.1, -0.05) is 42.0 Å². The lowest BCUT2D eigenvalue weighted by Crippen LogP contribution is -2.46. The van der Waals surface area contributed by atoms with Crippen LogP contribution < -0.4 is 25.5 Å². The van der Waals surface area contributed by atoms with Crippen molar-refractivity contribution < 1.29 is 60.3 Å². The number of aliphatic carboxylic acids is 2. The molecule has 1 fully saturated rings. The number of benzene rings is 2. The van der Waals surface area contributed by atoms with E-state index in [1.54, 1.807) is 52.0 Å². The largest absolute Gasteiger partial charge is 0.488 e. The van der Waals surface area contributed by atoms with Gasteiger partial charge in [0.1, 0.15) is 17.8 Å². The molecule has 0 bridgehead atoms. The van der Waals surface area contributed by atoms with E-state index in [-0.39, 0.29) is 69.6 Å². The second kappa shape index (κ2) is 29.9. The number of rotatable bonds is 33. The van der Waals surface area contributed by atoms with E-state index in [0.717, 1.165) is 25.7 Å². The lowest BCUT2D eigenvalue weighted by atomic mass is 10.1. The standard InChI is InChI=1S/C46H69FN8O12S/c1-4-21-52(25-27-54(33-43(60)61)28-26-53(22-5-2)32-42(58)59)31-41(57)48-20-7-6-13-39(51-40(56)19-16-35-11-10-12-38(29-35)67-68(47,65)66)45(63)49-30-36-14-17-37(18-15-36)44(62)50-34(3)46(64)55-23-8-9-24-55/h10-12,14-15,17-18,29,34,39H,4-9,13,16,19-28,30-33H2,1-3H3,(H,48,57)(H,49,63)(H,50,62)(H,51,56)(H,58,59)(H,60,61). The van der Waals surface area contributed by atoms with E-state index in [9.17, 15) is 56.1 Å². The first-order valence-corrected chi connectivity index (χ1v) is 24.5. The summed E-state index contributed by atoms with van der Waals surface area (Å²) in [6.07, 6.45) is 4.50. The molecule has 2 atom stereocenters. The summed E-state index contributed by atoms with van der Waals surface area (Å²) in [4.78, 5) is 95.4. The van der Waals surface area contributed by atoms with Crippen LogP contribution in [0.15, 0.2) is 48.5 Å². The van der Waals surface area contributed by atoms with Crippen LogP contribution in [0.1, 0.15) is 93.6 Å². The van der Waals surface area contributed by atoms with Crippen LogP contribution in [-0.2, 0) is 52.2 Å². The molecule has 2 unspecified atom stereocenters. The minimum atomic E-state index is -5.25. The van der Waals surface area contributed by atoms with Crippen molar-refractivity contribution in [2.75, 3.05) is 78.5 Å². The number of halogens is 1. The Morgan fingerprint density at radius 3 is 1.91 bits per heavy atom. The Hall–Kier alpha value is -5.71. The first-order chi connectivity index (χ1) is 32.3. The number of amides is 5. The third kappa shape index (κ3) is 22.9. The molecular weight excluding hydrogens is 908 g/mol. The summed E-state index contributed by atoms with van der Waals surface area (Å²) in [6.45, 7) is 9.60. The van der Waals surface area contributed by atoms with Crippen molar-refractivity contribution >= 4 is 52.0 Å². The lowest BCUT2D eigenvalue weighted by Gasteiger charge is -2.28. The van der Waals surface area contributed by atoms with Crippen molar-refractivity contribution in [1.29, 1.82) is 0 Å². The van der Waals surface area contributed by atoms with Crippen LogP contribution in [-0.4, -0.2) is 170 Å². The molecule has 1 aliphatic rings. The molecule has 1 aliphatic heterocycles. The van der Waals surface area contributed by atoms with Gasteiger partial charge in [0.25, 0.3) is 5.91 Å². The fourth-order valence-corrected chi connectivity index (χ4v) is 7.98. The summed E-state index contributed by atoms with van der Waals surface area (Å²) in [5, 5.41) is 30.0. The van der Waals surface area contributed by atoms with Gasteiger partial charge in [-0.15, -0.1) is 0 Å². The van der Waals surface area contributed by atoms with Crippen molar-refractivity contribution in [3.63, 3.8) is 0 Å². The molecule has 2 aromatic carbocycles. The zero-order chi connectivity index (χ0) is 50.1. The molecule has 5 amide bonds. The summed E-state index contributed by atoms with van der Waals surface area (Å²) >= 11 is 0. The summed E-state index contributed by atoms with van der Waals surface area (Å²) in [6, 6.07) is 10.5. The normalized spacial score (nSPS) is 13.5. The number of nitrogens with one attached hydrogen (secondary N) is 4. The molecule has 20 nitrogen and oxygen atoms in total. The van der Waals surface area contributed by atoms with E-state index >= 15 is 0 Å². The molecule has 1 saturated heterocycles. The third-order valence-corrected chi connectivity index (χ3v) is 11.5. The fraction of sp³-hybridized carbons (Fsp3) is 0.587. The molecule has 3 rings (SSSR count). The molecule has 6 N–H and O–H groups in total. The summed E-state index contributed by atoms with van der Waals surface area (Å²) in [7, 11) is -5.25. The van der Waals surface area contributed by atoms with Crippen LogP contribution in [0.2, 0.25) is 0 Å². The van der Waals surface area contributed by atoms with Crippen LogP contribution in [0.4, 0.5) is 3.89 Å². The number of aryl methyl sites for hydroxylation is 1. The third-order valence-electron chi connectivity index (χ3n) is 11.1. The highest BCUT2D eigenvalue weighted by Gasteiger charge is 2.25. The Bertz CT molecular complexity index is 2070. The SMILES string of the molecule is CCCN(CCN(CCN(CCC)CC(=O)NCCCCC(NC(=O)CCc1cccc(OS(=O)(=O)F)c1)C(=O)NCc1ccc(C(=O)NC(C)C(=O)N2CCCC2)cc1)CC(=O)O)CC(=O)O. The van der Waals surface area contributed by atoms with Crippen molar-refractivity contribution in [2.45, 2.75) is 97.2 Å². The van der Waals surface area contributed by atoms with Gasteiger partial charge >= 0.3 is 22.4 Å². The van der Waals surface area contributed by atoms with Crippen LogP contribution in [0, 0.1) is 0 Å². The fourth-order valence-electron chi connectivity index (χ4n) is 7.65. The van der Waals surface area contributed by atoms with E-state index in [2.05, 4.69) is 25.5 Å². The second-order valence-corrected chi connectivity index (χ2v) is 17.8. The number of carbonyl (C=O) groups excluding carboxylic acids is 5. The monoisotopic (exact) mass is 976 g/mol. The predicted octanol–water partition coefficient (Wildman–Crippen LogP) is 1.94. The molecule has 1 heterocycles. The van der Waals surface area contributed by atoms with Gasteiger partial charge in [-0.25, -0.2) is 0 Å². The molecular formula is C46H69FN8O12S. The number of carboxylic acids is 2. The van der Waals surface area contributed by atoms with E-state index in [0.29, 0.717) is 81.9 Å². The Kier molecular flexibility index (Phi) is 24.9. The highest BCUT2D eigenvalue weighted by atomic mass is 32.3. The van der Waals surface area contributed by atoms with Gasteiger partial charge in [0.2, 0.25) is 23.6 Å². The maximum absolute atomic E-state index is 13.6. The highest BCUT2D eigenvalue weighted by molar-refractivity contribution is 7.81. The summed E-state index contributed by atoms with van der Waals surface area (Å²) < 4.78 is 39.2. The number of unbranched alkanes of at least 4 members (excludes halogenated alkanes) is 1. The van der Waals surface area contributed by atoms with Gasteiger partial charge in [-0.05, 0) is 107 Å². The summed E-state index contributed by atoms with van der Waals surface area (Å²) in [5.74, 6) is -3.97. The lowest BCUT2D eigenvalue weighted by molar-refractivity contribution is -0.140. The topological polar surface area (TPSA) is 264 Å². The quantitative estimate of drug-likeness (QED) is 0.0441. The van der Waals surface area contributed by atoms with Gasteiger partial charge < -0.3 is 40.6 Å². The van der Waals surface area contributed by atoms with E-state index in [1.165, 1.54) is 18.2 Å². The number of hydrogen-bond acceptors (Lipinski definition) is 13. The zero-order valence-electron chi connectivity index (χ0n) is 39.4. The first kappa shape index (κ1) is 56.6. The molecule has 2 aromatic rings. The molecule has 0 aliphatic carbocycles. The van der Waals surface area contributed by atoms with E-state index in [4.69, 9.17) is 0 Å². The molecule has 0 saturated carbocycles. The Balaban J connectivity index is 1.56. The van der Waals surface area contributed by atoms with Crippen LogP contribution >= 0.6 is 0 Å². The maximum Gasteiger partial charge on any atom is 0.488 e. The number of nitrogens with zero attached hydrogens (tertiary/aromatic N) is 4. The number of likely N-dealkylation sites (tertiary alicyclic amines) is 1. The maximum atomic E-state index is 13.6. The molecule has 68 heavy (non-hydrogen) atoms. The first-order valence-electron chi connectivity index (χ1n) is 23.2. The van der Waals surface area contributed by atoms with Gasteiger partial charge in [-0.2, -0.15) is 8.42 Å². The average Bonchev–Trinajstić information content (AvgIpc) is 3.82. The molecule has 378 valence electrons. The van der Waals surface area contributed by atoms with Gasteiger partial charge in [0.15, 0.2) is 0 Å². The summed E-state index contributed by atoms with van der Waals surface area (Å²) in [5.41, 5.74) is 1.50. The van der Waals surface area contributed by atoms with Crippen molar-refractivity contribution in [3.05, 3.63) is 65.2 Å². The predicted molar refractivity (Wildman–Crippen MR) is 250 cm³/mol. The van der Waals surface area contributed by atoms with Crippen LogP contribution in [0.3, 0.4) is 0 Å². The smallest absolute Gasteiger partial charge is 0.480 e. The van der Waals surface area contributed by atoms with Crippen molar-refractivity contribution in [1.82, 2.24) is 40.9 Å². The van der Waals surface area contributed by atoms with E-state index < -0.39 is 52.2 Å². The van der Waals surface area contributed by atoms with Gasteiger partial charge in [0.05, 0.1) is 19.6 Å². The van der Waals surface area contributed by atoms with E-state index in [1.807, 2.05) is 18.7 Å². The van der Waals surface area contributed by atoms with Crippen molar-refractivity contribution in [2.24, 2.45) is 0 Å². The molecule has 0 aromatic heterocycles. The van der Waals surface area contributed by atoms with Crippen molar-refractivity contribution in [3.8, 4) is 5.75 Å². The molecule has 0 spiro atoms. The minimum absolute atomic E-state index is 0.0681. The Morgan fingerprint density at radius 2 is 1.34 bits per heavy atom. The van der Waals surface area contributed by atoms with Crippen LogP contribution in [0.25, 0.3) is 0 Å². The zero-order valence-corrected chi connectivity index (χ0v) is 40.2. The molecule has 22 heteroatoms. The van der Waals surface area contributed by atoms with Gasteiger partial charge in [0, 0.05) is 64.3 Å². The average molecular weight is 977 g/mol.